The molecule has 2 rings (SSSR count). The van der Waals surface area contributed by atoms with E-state index in [0.29, 0.717) is 5.75 Å². The highest BCUT2D eigenvalue weighted by atomic mass is 32.2. The largest absolute Gasteiger partial charge is 0.349 e. The van der Waals surface area contributed by atoms with Crippen LogP contribution in [0.3, 0.4) is 0 Å². The van der Waals surface area contributed by atoms with Gasteiger partial charge in [-0.15, -0.1) is 23.1 Å². The first kappa shape index (κ1) is 14.1. The third-order valence-electron chi connectivity index (χ3n) is 2.55. The molecule has 19 heavy (non-hydrogen) atoms. The lowest BCUT2D eigenvalue weighted by atomic mass is 10.2. The molecule has 0 saturated heterocycles. The van der Waals surface area contributed by atoms with Gasteiger partial charge in [0, 0.05) is 22.9 Å². The van der Waals surface area contributed by atoms with Crippen LogP contribution in [0.2, 0.25) is 0 Å². The van der Waals surface area contributed by atoms with Crippen molar-refractivity contribution in [1.29, 1.82) is 0 Å². The van der Waals surface area contributed by atoms with Gasteiger partial charge in [-0.1, -0.05) is 0 Å². The van der Waals surface area contributed by atoms with Crippen molar-refractivity contribution in [3.05, 3.63) is 34.0 Å². The van der Waals surface area contributed by atoms with Crippen LogP contribution in [-0.4, -0.2) is 26.8 Å². The molecule has 2 aromatic rings. The Morgan fingerprint density at radius 3 is 3.11 bits per heavy atom. The maximum atomic E-state index is 11.8. The van der Waals surface area contributed by atoms with Crippen LogP contribution in [0.5, 0.6) is 0 Å². The number of thioether (sulfide) groups is 1. The quantitative estimate of drug-likeness (QED) is 0.858. The maximum Gasteiger partial charge on any atom is 0.230 e. The first-order chi connectivity index (χ1) is 9.15. The second-order valence-electron chi connectivity index (χ2n) is 4.17. The van der Waals surface area contributed by atoms with Crippen molar-refractivity contribution < 1.29 is 4.79 Å². The van der Waals surface area contributed by atoms with Crippen LogP contribution in [-0.2, 0) is 10.5 Å². The zero-order valence-electron chi connectivity index (χ0n) is 10.8. The molecule has 0 radical (unpaired) electrons. The van der Waals surface area contributed by atoms with Gasteiger partial charge in [0.1, 0.15) is 0 Å². The number of carbonyl (C=O) groups is 1. The van der Waals surface area contributed by atoms with Gasteiger partial charge in [-0.2, -0.15) is 5.10 Å². The summed E-state index contributed by atoms with van der Waals surface area (Å²) in [5.74, 6) is 1.25. The lowest BCUT2D eigenvalue weighted by molar-refractivity contribution is -0.119. The number of hydrogen-bond acceptors (Lipinski definition) is 5. The van der Waals surface area contributed by atoms with E-state index < -0.39 is 0 Å². The van der Waals surface area contributed by atoms with E-state index in [2.05, 4.69) is 20.5 Å². The van der Waals surface area contributed by atoms with E-state index in [-0.39, 0.29) is 11.9 Å². The number of aromatic amines is 1. The average molecular weight is 296 g/mol. The van der Waals surface area contributed by atoms with Crippen molar-refractivity contribution in [3.63, 3.8) is 0 Å². The number of hydrogen-bond donors (Lipinski definition) is 2. The van der Waals surface area contributed by atoms with E-state index >= 15 is 0 Å². The van der Waals surface area contributed by atoms with Crippen LogP contribution in [0.4, 0.5) is 0 Å². The molecule has 5 nitrogen and oxygen atoms in total. The molecule has 0 aromatic carbocycles. The lowest BCUT2D eigenvalue weighted by Gasteiger charge is -2.11. The van der Waals surface area contributed by atoms with Gasteiger partial charge in [-0.25, -0.2) is 4.98 Å². The van der Waals surface area contributed by atoms with Gasteiger partial charge in [0.25, 0.3) is 0 Å². The van der Waals surface area contributed by atoms with Crippen LogP contribution >= 0.6 is 23.1 Å². The third kappa shape index (κ3) is 4.36. The standard InChI is InChI=1S/C12H16N4OS2/c1-8(10-3-13-14-4-10)15-12(17)7-18-5-11-6-19-9(2)16-11/h3-4,6,8H,5,7H2,1-2H3,(H,13,14)(H,15,17). The van der Waals surface area contributed by atoms with Gasteiger partial charge in [-0.3, -0.25) is 9.89 Å². The molecule has 0 aliphatic carbocycles. The SMILES string of the molecule is Cc1nc(CSCC(=O)NC(C)c2cn[nH]c2)cs1. The maximum absolute atomic E-state index is 11.8. The number of thiazole rings is 1. The van der Waals surface area contributed by atoms with E-state index in [0.717, 1.165) is 22.0 Å². The van der Waals surface area contributed by atoms with Gasteiger partial charge in [0.15, 0.2) is 0 Å². The molecule has 0 bridgehead atoms. The number of nitrogens with one attached hydrogen (secondary N) is 2. The van der Waals surface area contributed by atoms with E-state index in [9.17, 15) is 4.79 Å². The van der Waals surface area contributed by atoms with Gasteiger partial charge in [0.05, 0.1) is 28.7 Å². The molecule has 0 aliphatic heterocycles. The molecule has 1 unspecified atom stereocenters. The summed E-state index contributed by atoms with van der Waals surface area (Å²) in [7, 11) is 0. The Bertz CT molecular complexity index is 524. The summed E-state index contributed by atoms with van der Waals surface area (Å²) in [5.41, 5.74) is 2.02. The topological polar surface area (TPSA) is 70.7 Å². The monoisotopic (exact) mass is 296 g/mol. The molecule has 0 spiro atoms. The number of aryl methyl sites for hydroxylation is 1. The number of H-pyrrole nitrogens is 1. The summed E-state index contributed by atoms with van der Waals surface area (Å²) in [6.45, 7) is 3.93. The third-order valence-corrected chi connectivity index (χ3v) is 4.34. The van der Waals surface area contributed by atoms with Crippen LogP contribution in [0.1, 0.15) is 29.2 Å². The number of rotatable bonds is 6. The predicted molar refractivity (Wildman–Crippen MR) is 78.2 cm³/mol. The molecule has 0 aliphatic rings. The molecule has 0 fully saturated rings. The molecular formula is C12H16N4OS2. The summed E-state index contributed by atoms with van der Waals surface area (Å²) in [6, 6.07) is -0.0200. The summed E-state index contributed by atoms with van der Waals surface area (Å²) in [6.07, 6.45) is 3.51. The zero-order chi connectivity index (χ0) is 13.7. The number of aromatic nitrogens is 3. The van der Waals surface area contributed by atoms with E-state index in [4.69, 9.17) is 0 Å². The minimum Gasteiger partial charge on any atom is -0.349 e. The van der Waals surface area contributed by atoms with Crippen LogP contribution in [0.15, 0.2) is 17.8 Å². The van der Waals surface area contributed by atoms with Crippen LogP contribution < -0.4 is 5.32 Å². The van der Waals surface area contributed by atoms with Gasteiger partial charge in [-0.05, 0) is 13.8 Å². The first-order valence-electron chi connectivity index (χ1n) is 5.92. The number of amides is 1. The molecule has 1 atom stereocenters. The smallest absolute Gasteiger partial charge is 0.230 e. The van der Waals surface area contributed by atoms with E-state index in [1.165, 1.54) is 0 Å². The molecule has 0 saturated carbocycles. The average Bonchev–Trinajstić information content (AvgIpc) is 3.00. The van der Waals surface area contributed by atoms with Crippen molar-refractivity contribution >= 4 is 29.0 Å². The summed E-state index contributed by atoms with van der Waals surface area (Å²) in [4.78, 5) is 16.1. The zero-order valence-corrected chi connectivity index (χ0v) is 12.5. The highest BCUT2D eigenvalue weighted by Crippen LogP contribution is 2.15. The fourth-order valence-corrected chi connectivity index (χ4v) is 3.03. The Morgan fingerprint density at radius 2 is 2.47 bits per heavy atom. The summed E-state index contributed by atoms with van der Waals surface area (Å²) >= 11 is 3.21. The highest BCUT2D eigenvalue weighted by Gasteiger charge is 2.10. The Hall–Kier alpha value is -1.34. The second kappa shape index (κ2) is 6.72. The molecule has 7 heteroatoms. The highest BCUT2D eigenvalue weighted by molar-refractivity contribution is 7.99. The minimum atomic E-state index is -0.0200. The van der Waals surface area contributed by atoms with Crippen LogP contribution in [0.25, 0.3) is 0 Å². The van der Waals surface area contributed by atoms with Crippen molar-refractivity contribution in [2.75, 3.05) is 5.75 Å². The molecule has 2 N–H and O–H groups in total. The van der Waals surface area contributed by atoms with Crippen molar-refractivity contribution in [2.45, 2.75) is 25.6 Å². The van der Waals surface area contributed by atoms with Crippen molar-refractivity contribution in [3.8, 4) is 0 Å². The van der Waals surface area contributed by atoms with Crippen molar-refractivity contribution in [2.24, 2.45) is 0 Å². The van der Waals surface area contributed by atoms with Gasteiger partial charge >= 0.3 is 0 Å². The van der Waals surface area contributed by atoms with Gasteiger partial charge in [0.2, 0.25) is 5.91 Å². The first-order valence-corrected chi connectivity index (χ1v) is 7.95. The fraction of sp³-hybridized carbons (Fsp3) is 0.417. The minimum absolute atomic E-state index is 0.0200. The van der Waals surface area contributed by atoms with Crippen molar-refractivity contribution in [1.82, 2.24) is 20.5 Å². The molecule has 1 amide bonds. The van der Waals surface area contributed by atoms with E-state index in [1.54, 1.807) is 35.5 Å². The molecule has 2 heterocycles. The lowest BCUT2D eigenvalue weighted by Crippen LogP contribution is -2.28. The number of carbonyl (C=O) groups excluding carboxylic acids is 1. The predicted octanol–water partition coefficient (Wildman–Crippen LogP) is 2.29. The fourth-order valence-electron chi connectivity index (χ4n) is 1.59. The Balaban J connectivity index is 1.70. The normalized spacial score (nSPS) is 12.3. The summed E-state index contributed by atoms with van der Waals surface area (Å²) in [5, 5.41) is 12.6. The summed E-state index contributed by atoms with van der Waals surface area (Å²) < 4.78 is 0. The second-order valence-corrected chi connectivity index (χ2v) is 6.22. The number of nitrogens with zero attached hydrogens (tertiary/aromatic N) is 2. The Morgan fingerprint density at radius 1 is 1.63 bits per heavy atom. The molecule has 2 aromatic heterocycles. The Labute approximate surface area is 120 Å². The van der Waals surface area contributed by atoms with E-state index in [1.807, 2.05) is 19.2 Å². The van der Waals surface area contributed by atoms with Crippen LogP contribution in [0, 0.1) is 6.92 Å². The Kier molecular flexibility index (Phi) is 4.98. The van der Waals surface area contributed by atoms with Gasteiger partial charge < -0.3 is 5.32 Å². The molecular weight excluding hydrogens is 280 g/mol. The molecule has 102 valence electrons.